The lowest BCUT2D eigenvalue weighted by atomic mass is 10.1. The summed E-state index contributed by atoms with van der Waals surface area (Å²) in [5.41, 5.74) is 2.18. The monoisotopic (exact) mass is 436 g/mol. The number of nitro groups is 1. The van der Waals surface area contributed by atoms with Crippen molar-refractivity contribution in [2.45, 2.75) is 13.3 Å². The van der Waals surface area contributed by atoms with Crippen molar-refractivity contribution in [3.63, 3.8) is 0 Å². The smallest absolute Gasteiger partial charge is 0.269 e. The Morgan fingerprint density at radius 3 is 2.56 bits per heavy atom. The lowest BCUT2D eigenvalue weighted by Gasteiger charge is -2.34. The van der Waals surface area contributed by atoms with E-state index in [4.69, 9.17) is 0 Å². The Balaban J connectivity index is 1.27. The normalized spacial score (nSPS) is 14.3. The zero-order valence-electron chi connectivity index (χ0n) is 17.7. The number of carbonyl (C=O) groups excluding carboxylic acids is 1. The van der Waals surface area contributed by atoms with Gasteiger partial charge in [0.2, 0.25) is 11.9 Å². The standard InChI is InChI=1S/C21H24N8O3/c1-16-15-18(29(31)32)7-8-19(16)22-20(30)9-10-26-11-13-27(14-12-26)21-23-24-25-28(21)17-5-3-2-4-6-17/h2-8,15H,9-14H2,1H3,(H,22,30). The molecule has 11 heteroatoms. The predicted octanol–water partition coefficient (Wildman–Crippen LogP) is 2.03. The molecule has 2 heterocycles. The van der Waals surface area contributed by atoms with Gasteiger partial charge in [0.1, 0.15) is 0 Å². The molecule has 1 aliphatic heterocycles. The fourth-order valence-electron chi connectivity index (χ4n) is 3.66. The number of anilines is 2. The minimum atomic E-state index is -0.448. The molecule has 1 N–H and O–H groups in total. The van der Waals surface area contributed by atoms with E-state index in [1.54, 1.807) is 17.7 Å². The molecule has 0 spiro atoms. The van der Waals surface area contributed by atoms with E-state index in [0.717, 1.165) is 31.9 Å². The number of benzene rings is 2. The van der Waals surface area contributed by atoms with Gasteiger partial charge in [0.25, 0.3) is 5.69 Å². The molecule has 11 nitrogen and oxygen atoms in total. The summed E-state index contributed by atoms with van der Waals surface area (Å²) < 4.78 is 1.73. The predicted molar refractivity (Wildman–Crippen MR) is 119 cm³/mol. The number of amides is 1. The van der Waals surface area contributed by atoms with Crippen LogP contribution < -0.4 is 10.2 Å². The van der Waals surface area contributed by atoms with Crippen molar-refractivity contribution in [2.24, 2.45) is 0 Å². The van der Waals surface area contributed by atoms with Crippen LogP contribution in [-0.2, 0) is 4.79 Å². The quantitative estimate of drug-likeness (QED) is 0.441. The van der Waals surface area contributed by atoms with Crippen LogP contribution in [0.15, 0.2) is 48.5 Å². The minimum Gasteiger partial charge on any atom is -0.337 e. The highest BCUT2D eigenvalue weighted by atomic mass is 16.6. The number of hydrogen-bond acceptors (Lipinski definition) is 8. The Bertz CT molecular complexity index is 1090. The first kappa shape index (κ1) is 21.4. The van der Waals surface area contributed by atoms with Gasteiger partial charge in [-0.05, 0) is 41.1 Å². The molecule has 0 radical (unpaired) electrons. The van der Waals surface area contributed by atoms with Gasteiger partial charge in [-0.15, -0.1) is 0 Å². The topological polar surface area (TPSA) is 122 Å². The summed E-state index contributed by atoms with van der Waals surface area (Å²) in [5, 5.41) is 25.8. The summed E-state index contributed by atoms with van der Waals surface area (Å²) in [6.45, 7) is 5.49. The first-order valence-corrected chi connectivity index (χ1v) is 10.4. The van der Waals surface area contributed by atoms with Crippen LogP contribution in [0.3, 0.4) is 0 Å². The minimum absolute atomic E-state index is 0.0108. The number of rotatable bonds is 7. The van der Waals surface area contributed by atoms with Crippen molar-refractivity contribution in [3.05, 3.63) is 64.2 Å². The van der Waals surface area contributed by atoms with E-state index >= 15 is 0 Å². The number of piperazine rings is 1. The lowest BCUT2D eigenvalue weighted by molar-refractivity contribution is -0.384. The Kier molecular flexibility index (Phi) is 6.36. The number of aromatic nitrogens is 4. The molecule has 0 aliphatic carbocycles. The fraction of sp³-hybridized carbons (Fsp3) is 0.333. The number of tetrazole rings is 1. The molecule has 0 saturated carbocycles. The molecule has 2 aromatic carbocycles. The molecule has 0 unspecified atom stereocenters. The maximum atomic E-state index is 12.4. The Morgan fingerprint density at radius 2 is 1.88 bits per heavy atom. The lowest BCUT2D eigenvalue weighted by Crippen LogP contribution is -2.47. The van der Waals surface area contributed by atoms with E-state index in [9.17, 15) is 14.9 Å². The maximum absolute atomic E-state index is 12.4. The highest BCUT2D eigenvalue weighted by molar-refractivity contribution is 5.91. The van der Waals surface area contributed by atoms with Crippen LogP contribution in [-0.4, -0.2) is 68.7 Å². The molecule has 1 aromatic heterocycles. The highest BCUT2D eigenvalue weighted by Gasteiger charge is 2.22. The van der Waals surface area contributed by atoms with Gasteiger partial charge in [0, 0.05) is 57.0 Å². The van der Waals surface area contributed by atoms with Gasteiger partial charge in [0.15, 0.2) is 0 Å². The Hall–Kier alpha value is -3.86. The van der Waals surface area contributed by atoms with E-state index in [1.165, 1.54) is 12.1 Å². The van der Waals surface area contributed by atoms with Crippen LogP contribution in [0.4, 0.5) is 17.3 Å². The van der Waals surface area contributed by atoms with Gasteiger partial charge in [-0.25, -0.2) is 0 Å². The number of nitro benzene ring substituents is 1. The van der Waals surface area contributed by atoms with Crippen LogP contribution in [0.5, 0.6) is 0 Å². The zero-order chi connectivity index (χ0) is 22.5. The number of para-hydroxylation sites is 1. The van der Waals surface area contributed by atoms with Gasteiger partial charge in [-0.3, -0.25) is 19.8 Å². The molecule has 0 bridgehead atoms. The number of hydrogen-bond donors (Lipinski definition) is 1. The van der Waals surface area contributed by atoms with Crippen LogP contribution >= 0.6 is 0 Å². The molecule has 0 atom stereocenters. The average Bonchev–Trinajstić information content (AvgIpc) is 3.30. The second-order valence-corrected chi connectivity index (χ2v) is 7.61. The summed E-state index contributed by atoms with van der Waals surface area (Å²) >= 11 is 0. The molecule has 4 rings (SSSR count). The number of non-ortho nitro benzene ring substituents is 1. The van der Waals surface area contributed by atoms with Gasteiger partial charge < -0.3 is 10.2 Å². The van der Waals surface area contributed by atoms with E-state index in [2.05, 4.69) is 30.6 Å². The second-order valence-electron chi connectivity index (χ2n) is 7.61. The Morgan fingerprint density at radius 1 is 1.12 bits per heavy atom. The second kappa shape index (κ2) is 9.52. The van der Waals surface area contributed by atoms with E-state index < -0.39 is 4.92 Å². The van der Waals surface area contributed by atoms with Crippen LogP contribution in [0, 0.1) is 17.0 Å². The van der Waals surface area contributed by atoms with Gasteiger partial charge in [0.05, 0.1) is 10.6 Å². The molecule has 1 saturated heterocycles. The summed E-state index contributed by atoms with van der Waals surface area (Å²) in [6, 6.07) is 14.2. The third-order valence-electron chi connectivity index (χ3n) is 5.46. The summed E-state index contributed by atoms with van der Waals surface area (Å²) in [7, 11) is 0. The average molecular weight is 436 g/mol. The molecule has 1 aliphatic rings. The van der Waals surface area contributed by atoms with E-state index in [-0.39, 0.29) is 11.6 Å². The fourth-order valence-corrected chi connectivity index (χ4v) is 3.66. The van der Waals surface area contributed by atoms with Gasteiger partial charge in [-0.1, -0.05) is 23.3 Å². The van der Waals surface area contributed by atoms with Crippen LogP contribution in [0.25, 0.3) is 5.69 Å². The van der Waals surface area contributed by atoms with Gasteiger partial charge in [-0.2, -0.15) is 4.68 Å². The number of nitrogens with zero attached hydrogens (tertiary/aromatic N) is 7. The molecule has 32 heavy (non-hydrogen) atoms. The summed E-state index contributed by atoms with van der Waals surface area (Å²) in [6.07, 6.45) is 0.345. The van der Waals surface area contributed by atoms with Crippen molar-refractivity contribution in [3.8, 4) is 5.69 Å². The van der Waals surface area contributed by atoms with Crippen molar-refractivity contribution in [2.75, 3.05) is 42.9 Å². The first-order chi connectivity index (χ1) is 15.5. The molecule has 166 valence electrons. The largest absolute Gasteiger partial charge is 0.337 e. The molecular weight excluding hydrogens is 412 g/mol. The van der Waals surface area contributed by atoms with Crippen molar-refractivity contribution in [1.29, 1.82) is 0 Å². The van der Waals surface area contributed by atoms with Crippen LogP contribution in [0.1, 0.15) is 12.0 Å². The maximum Gasteiger partial charge on any atom is 0.269 e. The number of aryl methyl sites for hydroxylation is 1. The molecule has 3 aromatic rings. The summed E-state index contributed by atoms with van der Waals surface area (Å²) in [5.74, 6) is 0.597. The van der Waals surface area contributed by atoms with E-state index in [1.807, 2.05) is 30.3 Å². The molecule has 1 amide bonds. The molecular formula is C21H24N8O3. The third kappa shape index (κ3) is 4.89. The van der Waals surface area contributed by atoms with E-state index in [0.29, 0.717) is 30.2 Å². The Labute approximate surface area is 184 Å². The van der Waals surface area contributed by atoms with Crippen molar-refractivity contribution >= 4 is 23.2 Å². The SMILES string of the molecule is Cc1cc([N+](=O)[O-])ccc1NC(=O)CCN1CCN(c2nnnn2-c2ccccc2)CC1. The number of carbonyl (C=O) groups is 1. The number of nitrogens with one attached hydrogen (secondary N) is 1. The van der Waals surface area contributed by atoms with Crippen molar-refractivity contribution in [1.82, 2.24) is 25.1 Å². The summed E-state index contributed by atoms with van der Waals surface area (Å²) in [4.78, 5) is 27.1. The van der Waals surface area contributed by atoms with Gasteiger partial charge >= 0.3 is 0 Å². The third-order valence-corrected chi connectivity index (χ3v) is 5.46. The van der Waals surface area contributed by atoms with Crippen molar-refractivity contribution < 1.29 is 9.72 Å². The highest BCUT2D eigenvalue weighted by Crippen LogP contribution is 2.21. The zero-order valence-corrected chi connectivity index (χ0v) is 17.7. The molecule has 1 fully saturated rings. The van der Waals surface area contributed by atoms with Crippen LogP contribution in [0.2, 0.25) is 0 Å². The first-order valence-electron chi connectivity index (χ1n) is 10.4.